The molecule has 1 N–H and O–H groups in total. The molecule has 4 aromatic rings. The van der Waals surface area contributed by atoms with E-state index in [1.807, 2.05) is 46.1 Å². The summed E-state index contributed by atoms with van der Waals surface area (Å²) in [7, 11) is 0. The number of hydrogen-bond donors (Lipinski definition) is 1. The van der Waals surface area contributed by atoms with Gasteiger partial charge in [-0.25, -0.2) is 33.5 Å². The van der Waals surface area contributed by atoms with Crippen LogP contribution < -0.4 is 10.1 Å². The van der Waals surface area contributed by atoms with E-state index in [0.717, 1.165) is 6.20 Å². The highest BCUT2D eigenvalue weighted by Crippen LogP contribution is 2.30. The molecule has 1 fully saturated rings. The van der Waals surface area contributed by atoms with E-state index in [1.165, 1.54) is 6.07 Å². The van der Waals surface area contributed by atoms with Gasteiger partial charge in [0.25, 0.3) is 0 Å². The number of aryl methyl sites for hydroxylation is 1. The zero-order chi connectivity index (χ0) is 30.2. The number of fused-ring (bicyclic) bond motifs is 1. The number of nitrogens with one attached hydrogen (secondary N) is 1. The van der Waals surface area contributed by atoms with Crippen LogP contribution in [0.4, 0.5) is 25.3 Å². The van der Waals surface area contributed by atoms with Crippen LogP contribution in [-0.4, -0.2) is 60.3 Å². The van der Waals surface area contributed by atoms with Crippen LogP contribution in [0.25, 0.3) is 22.3 Å². The number of anilines is 2. The minimum absolute atomic E-state index is 0.0415. The van der Waals surface area contributed by atoms with Crippen molar-refractivity contribution in [1.29, 1.82) is 0 Å². The van der Waals surface area contributed by atoms with Crippen molar-refractivity contribution in [3.05, 3.63) is 54.1 Å². The number of benzene rings is 1. The SMILES string of the molecule is Cc1nc2c(F)cc(-c3nc(Nc4ccc(OC5CCN(C(=O)OC(C)(C)C)CC5)cn4)ncc3F)cc2n1C(C)C. The van der Waals surface area contributed by atoms with E-state index in [-0.39, 0.29) is 41.0 Å². The number of piperidine rings is 1. The Balaban J connectivity index is 1.25. The Morgan fingerprint density at radius 3 is 2.43 bits per heavy atom. The van der Waals surface area contributed by atoms with E-state index < -0.39 is 17.2 Å². The lowest BCUT2D eigenvalue weighted by Crippen LogP contribution is -2.44. The fraction of sp³-hybridized carbons (Fsp3) is 0.433. The molecule has 42 heavy (non-hydrogen) atoms. The summed E-state index contributed by atoms with van der Waals surface area (Å²) in [5.74, 6) is 0.557. The summed E-state index contributed by atoms with van der Waals surface area (Å²) in [6, 6.07) is 6.43. The van der Waals surface area contributed by atoms with Gasteiger partial charge >= 0.3 is 6.09 Å². The van der Waals surface area contributed by atoms with Crippen molar-refractivity contribution in [3.63, 3.8) is 0 Å². The summed E-state index contributed by atoms with van der Waals surface area (Å²) in [6.45, 7) is 12.4. The van der Waals surface area contributed by atoms with Gasteiger partial charge in [0.15, 0.2) is 11.6 Å². The monoisotopic (exact) mass is 579 g/mol. The average molecular weight is 580 g/mol. The van der Waals surface area contributed by atoms with E-state index in [9.17, 15) is 13.6 Å². The molecule has 1 saturated heterocycles. The molecule has 222 valence electrons. The summed E-state index contributed by atoms with van der Waals surface area (Å²) in [6.07, 6.45) is 3.60. The number of ether oxygens (including phenoxy) is 2. The number of halogens is 2. The number of aromatic nitrogens is 5. The van der Waals surface area contributed by atoms with Crippen LogP contribution in [0, 0.1) is 18.6 Å². The lowest BCUT2D eigenvalue weighted by molar-refractivity contribution is 0.0126. The van der Waals surface area contributed by atoms with Gasteiger partial charge in [0.2, 0.25) is 5.95 Å². The standard InChI is InChI=1S/C30H35F2N7O3/c1-17(2)39-18(3)35-27-22(31)13-19(14-24(27)39)26-23(32)16-34-28(37-26)36-25-8-7-21(15-33-25)41-20-9-11-38(12-10-20)29(40)42-30(4,5)6/h7-8,13-17,20H,9-12H2,1-6H3,(H,33,34,36,37). The van der Waals surface area contributed by atoms with E-state index >= 15 is 0 Å². The molecule has 0 radical (unpaired) electrons. The largest absolute Gasteiger partial charge is 0.489 e. The summed E-state index contributed by atoms with van der Waals surface area (Å²) < 4.78 is 43.2. The lowest BCUT2D eigenvalue weighted by Gasteiger charge is -2.33. The van der Waals surface area contributed by atoms with Gasteiger partial charge in [-0.2, -0.15) is 0 Å². The number of pyridine rings is 1. The first-order chi connectivity index (χ1) is 19.9. The highest BCUT2D eigenvalue weighted by atomic mass is 19.1. The molecule has 0 bridgehead atoms. The fourth-order valence-corrected chi connectivity index (χ4v) is 5.00. The van der Waals surface area contributed by atoms with Crippen LogP contribution in [0.3, 0.4) is 0 Å². The molecule has 0 unspecified atom stereocenters. The maximum atomic E-state index is 15.0. The minimum Gasteiger partial charge on any atom is -0.489 e. The predicted octanol–water partition coefficient (Wildman–Crippen LogP) is 6.58. The van der Waals surface area contributed by atoms with Crippen LogP contribution in [0.5, 0.6) is 5.75 Å². The molecule has 0 aliphatic carbocycles. The molecule has 1 amide bonds. The third kappa shape index (κ3) is 6.42. The second kappa shape index (κ2) is 11.5. The minimum atomic E-state index is -0.680. The number of hydrogen-bond acceptors (Lipinski definition) is 8. The Morgan fingerprint density at radius 2 is 1.79 bits per heavy atom. The van der Waals surface area contributed by atoms with Crippen molar-refractivity contribution in [3.8, 4) is 17.0 Å². The first-order valence-electron chi connectivity index (χ1n) is 14.0. The Morgan fingerprint density at radius 1 is 1.05 bits per heavy atom. The van der Waals surface area contributed by atoms with Crippen LogP contribution in [-0.2, 0) is 4.74 Å². The highest BCUT2D eigenvalue weighted by molar-refractivity contribution is 5.83. The van der Waals surface area contributed by atoms with Gasteiger partial charge in [0, 0.05) is 37.5 Å². The molecule has 1 aliphatic heterocycles. The molecular formula is C30H35F2N7O3. The van der Waals surface area contributed by atoms with Gasteiger partial charge in [0.05, 0.1) is 17.9 Å². The molecule has 1 aromatic carbocycles. The smallest absolute Gasteiger partial charge is 0.410 e. The van der Waals surface area contributed by atoms with Gasteiger partial charge in [-0.15, -0.1) is 0 Å². The number of likely N-dealkylation sites (tertiary alicyclic amines) is 1. The third-order valence-corrected chi connectivity index (χ3v) is 6.83. The zero-order valence-electron chi connectivity index (χ0n) is 24.6. The molecule has 0 atom stereocenters. The fourth-order valence-electron chi connectivity index (χ4n) is 5.00. The first-order valence-corrected chi connectivity index (χ1v) is 14.0. The lowest BCUT2D eigenvalue weighted by atomic mass is 10.1. The molecule has 4 heterocycles. The number of rotatable bonds is 6. The average Bonchev–Trinajstić information content (AvgIpc) is 3.27. The maximum Gasteiger partial charge on any atom is 0.410 e. The number of carbonyl (C=O) groups excluding carboxylic acids is 1. The number of amides is 1. The van der Waals surface area contributed by atoms with Crippen molar-refractivity contribution in [1.82, 2.24) is 29.4 Å². The van der Waals surface area contributed by atoms with Crippen LogP contribution in [0.15, 0.2) is 36.7 Å². The van der Waals surface area contributed by atoms with Crippen LogP contribution >= 0.6 is 0 Å². The van der Waals surface area contributed by atoms with Crippen molar-refractivity contribution >= 4 is 28.9 Å². The quantitative estimate of drug-likeness (QED) is 0.273. The van der Waals surface area contributed by atoms with Gasteiger partial charge in [-0.05, 0) is 65.8 Å². The Bertz CT molecular complexity index is 1590. The summed E-state index contributed by atoms with van der Waals surface area (Å²) >= 11 is 0. The van der Waals surface area contributed by atoms with E-state index in [1.54, 1.807) is 29.3 Å². The Hall–Kier alpha value is -4.35. The van der Waals surface area contributed by atoms with Crippen LogP contribution in [0.2, 0.25) is 0 Å². The Labute approximate surface area is 243 Å². The maximum absolute atomic E-state index is 15.0. The van der Waals surface area contributed by atoms with Crippen molar-refractivity contribution < 1.29 is 23.0 Å². The van der Waals surface area contributed by atoms with Crippen molar-refractivity contribution in [2.24, 2.45) is 0 Å². The van der Waals surface area contributed by atoms with Crippen molar-refractivity contribution in [2.45, 2.75) is 72.1 Å². The second-order valence-corrected chi connectivity index (χ2v) is 11.6. The third-order valence-electron chi connectivity index (χ3n) is 6.83. The molecule has 3 aromatic heterocycles. The normalized spacial score (nSPS) is 14.5. The zero-order valence-corrected chi connectivity index (χ0v) is 24.6. The van der Waals surface area contributed by atoms with Crippen molar-refractivity contribution in [2.75, 3.05) is 18.4 Å². The molecule has 0 spiro atoms. The summed E-state index contributed by atoms with van der Waals surface area (Å²) in [5.41, 5.74) is 0.505. The molecule has 5 rings (SSSR count). The number of imidazole rings is 1. The van der Waals surface area contributed by atoms with Gasteiger partial charge < -0.3 is 24.3 Å². The number of carbonyl (C=O) groups is 1. The second-order valence-electron chi connectivity index (χ2n) is 11.6. The highest BCUT2D eigenvalue weighted by Gasteiger charge is 2.27. The van der Waals surface area contributed by atoms with Crippen LogP contribution in [0.1, 0.15) is 59.3 Å². The van der Waals surface area contributed by atoms with E-state index in [0.29, 0.717) is 48.8 Å². The van der Waals surface area contributed by atoms with Gasteiger partial charge in [0.1, 0.15) is 40.3 Å². The van der Waals surface area contributed by atoms with E-state index in [2.05, 4.69) is 25.3 Å². The summed E-state index contributed by atoms with van der Waals surface area (Å²) in [5, 5.41) is 2.97. The first kappa shape index (κ1) is 29.2. The van der Waals surface area contributed by atoms with Gasteiger partial charge in [-0.1, -0.05) is 0 Å². The topological polar surface area (TPSA) is 107 Å². The van der Waals surface area contributed by atoms with E-state index in [4.69, 9.17) is 9.47 Å². The predicted molar refractivity (Wildman–Crippen MR) is 155 cm³/mol. The molecule has 10 nitrogen and oxygen atoms in total. The summed E-state index contributed by atoms with van der Waals surface area (Å²) in [4.78, 5) is 31.0. The molecule has 1 aliphatic rings. The molecule has 12 heteroatoms. The molecule has 0 saturated carbocycles. The number of nitrogens with zero attached hydrogens (tertiary/aromatic N) is 6. The van der Waals surface area contributed by atoms with Gasteiger partial charge in [-0.3, -0.25) is 0 Å². The molecular weight excluding hydrogens is 544 g/mol. The Kier molecular flexibility index (Phi) is 7.98.